The van der Waals surface area contributed by atoms with Gasteiger partial charge in [0.1, 0.15) is 5.70 Å². The first kappa shape index (κ1) is 15.8. The lowest BCUT2D eigenvalue weighted by Crippen LogP contribution is -2.28. The third-order valence-electron chi connectivity index (χ3n) is 2.91. The lowest BCUT2D eigenvalue weighted by molar-refractivity contribution is -0.140. The SMILES string of the molecule is CCOC(=O)/C(=C\c1cccc(C#N)c1)N(CC)CC. The van der Waals surface area contributed by atoms with Crippen molar-refractivity contribution in [3.05, 3.63) is 41.1 Å². The number of nitriles is 1. The normalized spacial score (nSPS) is 10.8. The van der Waals surface area contributed by atoms with E-state index in [1.165, 1.54) is 0 Å². The Morgan fingerprint density at radius 1 is 1.35 bits per heavy atom. The minimum atomic E-state index is -0.335. The molecular formula is C16H20N2O2. The maximum Gasteiger partial charge on any atom is 0.354 e. The number of nitrogens with zero attached hydrogens (tertiary/aromatic N) is 2. The molecule has 0 amide bonds. The molecule has 0 N–H and O–H groups in total. The van der Waals surface area contributed by atoms with Crippen LogP contribution in [0.15, 0.2) is 30.0 Å². The average molecular weight is 272 g/mol. The van der Waals surface area contributed by atoms with Crippen molar-refractivity contribution in [1.82, 2.24) is 4.90 Å². The van der Waals surface area contributed by atoms with Gasteiger partial charge in [-0.3, -0.25) is 0 Å². The predicted molar refractivity (Wildman–Crippen MR) is 78.7 cm³/mol. The van der Waals surface area contributed by atoms with E-state index >= 15 is 0 Å². The summed E-state index contributed by atoms with van der Waals surface area (Å²) in [6, 6.07) is 9.25. The van der Waals surface area contributed by atoms with Gasteiger partial charge in [0.05, 0.1) is 18.2 Å². The van der Waals surface area contributed by atoms with Crippen molar-refractivity contribution in [3.63, 3.8) is 0 Å². The topological polar surface area (TPSA) is 53.3 Å². The van der Waals surface area contributed by atoms with E-state index in [0.29, 0.717) is 17.9 Å². The van der Waals surface area contributed by atoms with E-state index in [1.807, 2.05) is 24.8 Å². The van der Waals surface area contributed by atoms with Crippen LogP contribution < -0.4 is 0 Å². The van der Waals surface area contributed by atoms with Crippen LogP contribution in [0.3, 0.4) is 0 Å². The van der Waals surface area contributed by atoms with E-state index in [0.717, 1.165) is 18.7 Å². The zero-order valence-corrected chi connectivity index (χ0v) is 12.2. The minimum Gasteiger partial charge on any atom is -0.461 e. The first-order valence-electron chi connectivity index (χ1n) is 6.80. The first-order valence-corrected chi connectivity index (χ1v) is 6.80. The Bertz CT molecular complexity index is 526. The molecule has 106 valence electrons. The second-order valence-corrected chi connectivity index (χ2v) is 4.16. The third-order valence-corrected chi connectivity index (χ3v) is 2.91. The van der Waals surface area contributed by atoms with Crippen molar-refractivity contribution in [1.29, 1.82) is 5.26 Å². The molecule has 1 aromatic carbocycles. The number of likely N-dealkylation sites (N-methyl/N-ethyl adjacent to an activating group) is 1. The van der Waals surface area contributed by atoms with Gasteiger partial charge in [-0.2, -0.15) is 5.26 Å². The van der Waals surface area contributed by atoms with Crippen LogP contribution in [0.2, 0.25) is 0 Å². The molecular weight excluding hydrogens is 252 g/mol. The number of ether oxygens (including phenoxy) is 1. The largest absolute Gasteiger partial charge is 0.461 e. The zero-order chi connectivity index (χ0) is 15.0. The summed E-state index contributed by atoms with van der Waals surface area (Å²) in [6.45, 7) is 7.55. The van der Waals surface area contributed by atoms with Crippen LogP contribution in [-0.4, -0.2) is 30.6 Å². The molecule has 0 atom stereocenters. The van der Waals surface area contributed by atoms with Gasteiger partial charge >= 0.3 is 5.97 Å². The van der Waals surface area contributed by atoms with E-state index in [-0.39, 0.29) is 5.97 Å². The van der Waals surface area contributed by atoms with Crippen molar-refractivity contribution in [2.45, 2.75) is 20.8 Å². The molecule has 20 heavy (non-hydrogen) atoms. The molecule has 0 aromatic heterocycles. The molecule has 0 heterocycles. The quantitative estimate of drug-likeness (QED) is 0.590. The van der Waals surface area contributed by atoms with Gasteiger partial charge in [-0.05, 0) is 44.5 Å². The van der Waals surface area contributed by atoms with E-state index in [2.05, 4.69) is 6.07 Å². The second-order valence-electron chi connectivity index (χ2n) is 4.16. The Labute approximate surface area is 120 Å². The van der Waals surface area contributed by atoms with Crippen molar-refractivity contribution >= 4 is 12.0 Å². The predicted octanol–water partition coefficient (Wildman–Crippen LogP) is 2.80. The highest BCUT2D eigenvalue weighted by Gasteiger charge is 2.16. The number of benzene rings is 1. The zero-order valence-electron chi connectivity index (χ0n) is 12.2. The molecule has 0 fully saturated rings. The Morgan fingerprint density at radius 2 is 2.05 bits per heavy atom. The average Bonchev–Trinajstić information content (AvgIpc) is 2.48. The summed E-state index contributed by atoms with van der Waals surface area (Å²) >= 11 is 0. The molecule has 0 aliphatic heterocycles. The maximum absolute atomic E-state index is 12.1. The number of hydrogen-bond acceptors (Lipinski definition) is 4. The number of hydrogen-bond donors (Lipinski definition) is 0. The van der Waals surface area contributed by atoms with Gasteiger partial charge in [0.25, 0.3) is 0 Å². The first-order chi connectivity index (χ1) is 9.65. The van der Waals surface area contributed by atoms with Crippen LogP contribution in [0.4, 0.5) is 0 Å². The lowest BCUT2D eigenvalue weighted by Gasteiger charge is -2.23. The summed E-state index contributed by atoms with van der Waals surface area (Å²) in [4.78, 5) is 14.0. The van der Waals surface area contributed by atoms with Crippen LogP contribution in [-0.2, 0) is 9.53 Å². The Hall–Kier alpha value is -2.28. The highest BCUT2D eigenvalue weighted by atomic mass is 16.5. The van der Waals surface area contributed by atoms with Gasteiger partial charge in [0, 0.05) is 13.1 Å². The molecule has 1 aromatic rings. The number of esters is 1. The molecule has 0 saturated carbocycles. The third kappa shape index (κ3) is 4.13. The number of carbonyl (C=O) groups is 1. The highest BCUT2D eigenvalue weighted by molar-refractivity contribution is 5.93. The molecule has 0 saturated heterocycles. The molecule has 0 spiro atoms. The fourth-order valence-corrected chi connectivity index (χ4v) is 1.90. The summed E-state index contributed by atoms with van der Waals surface area (Å²) in [5, 5.41) is 8.92. The van der Waals surface area contributed by atoms with Crippen LogP contribution in [0, 0.1) is 11.3 Å². The van der Waals surface area contributed by atoms with Crippen LogP contribution in [0.1, 0.15) is 31.9 Å². The van der Waals surface area contributed by atoms with Gasteiger partial charge in [-0.25, -0.2) is 4.79 Å². The number of rotatable bonds is 6. The molecule has 0 bridgehead atoms. The van der Waals surface area contributed by atoms with Gasteiger partial charge in [0.2, 0.25) is 0 Å². The van der Waals surface area contributed by atoms with Crippen molar-refractivity contribution < 1.29 is 9.53 Å². The van der Waals surface area contributed by atoms with Crippen LogP contribution in [0.25, 0.3) is 6.08 Å². The van der Waals surface area contributed by atoms with Crippen molar-refractivity contribution in [2.75, 3.05) is 19.7 Å². The highest BCUT2D eigenvalue weighted by Crippen LogP contribution is 2.14. The summed E-state index contributed by atoms with van der Waals surface area (Å²) < 4.78 is 5.10. The smallest absolute Gasteiger partial charge is 0.354 e. The molecule has 0 unspecified atom stereocenters. The molecule has 4 heteroatoms. The second kappa shape index (κ2) is 8.00. The van der Waals surface area contributed by atoms with E-state index in [1.54, 1.807) is 31.2 Å². The molecule has 0 radical (unpaired) electrons. The summed E-state index contributed by atoms with van der Waals surface area (Å²) in [5.74, 6) is -0.335. The monoisotopic (exact) mass is 272 g/mol. The standard InChI is InChI=1S/C16H20N2O2/c1-4-18(5-2)15(16(19)20-6-3)11-13-8-7-9-14(10-13)12-17/h7-11H,4-6H2,1-3H3/b15-11+. The van der Waals surface area contributed by atoms with Crippen molar-refractivity contribution in [2.24, 2.45) is 0 Å². The molecule has 0 aliphatic carbocycles. The summed E-state index contributed by atoms with van der Waals surface area (Å²) in [6.07, 6.45) is 1.77. The van der Waals surface area contributed by atoms with E-state index in [4.69, 9.17) is 10.00 Å². The molecule has 1 rings (SSSR count). The maximum atomic E-state index is 12.1. The summed E-state index contributed by atoms with van der Waals surface area (Å²) in [5.41, 5.74) is 1.91. The van der Waals surface area contributed by atoms with Crippen LogP contribution in [0.5, 0.6) is 0 Å². The van der Waals surface area contributed by atoms with Gasteiger partial charge in [0.15, 0.2) is 0 Å². The Balaban J connectivity index is 3.17. The molecule has 0 aliphatic rings. The molecule has 4 nitrogen and oxygen atoms in total. The van der Waals surface area contributed by atoms with E-state index < -0.39 is 0 Å². The van der Waals surface area contributed by atoms with Gasteiger partial charge in [-0.15, -0.1) is 0 Å². The Kier molecular flexibility index (Phi) is 6.31. The lowest BCUT2D eigenvalue weighted by atomic mass is 10.1. The van der Waals surface area contributed by atoms with Gasteiger partial charge in [-0.1, -0.05) is 12.1 Å². The van der Waals surface area contributed by atoms with Crippen LogP contribution >= 0.6 is 0 Å². The fraction of sp³-hybridized carbons (Fsp3) is 0.375. The Morgan fingerprint density at radius 3 is 2.60 bits per heavy atom. The van der Waals surface area contributed by atoms with Crippen molar-refractivity contribution in [3.8, 4) is 6.07 Å². The summed E-state index contributed by atoms with van der Waals surface area (Å²) in [7, 11) is 0. The fourth-order valence-electron chi connectivity index (χ4n) is 1.90. The number of carbonyl (C=O) groups excluding carboxylic acids is 1. The van der Waals surface area contributed by atoms with Gasteiger partial charge < -0.3 is 9.64 Å². The minimum absolute atomic E-state index is 0.335. The van der Waals surface area contributed by atoms with E-state index in [9.17, 15) is 4.79 Å².